The molecule has 0 atom stereocenters. The van der Waals surface area contributed by atoms with E-state index in [1.807, 2.05) is 13.0 Å². The van der Waals surface area contributed by atoms with E-state index in [1.54, 1.807) is 6.07 Å². The zero-order chi connectivity index (χ0) is 15.7. The van der Waals surface area contributed by atoms with Crippen LogP contribution >= 0.6 is 24.0 Å². The standard InChI is InChI=1S/C13H21FN4O2S.HI/c1-2-16-13(18-8-9-21(15,19)20)17-7-6-11-4-3-5-12(14)10-11;/h3-5,10H,2,6-9H2,1H3,(H2,15,19,20)(H2,16,17,18);1H. The number of hydrogen-bond acceptors (Lipinski definition) is 3. The topological polar surface area (TPSA) is 96.6 Å². The van der Waals surface area contributed by atoms with E-state index in [1.165, 1.54) is 12.1 Å². The van der Waals surface area contributed by atoms with E-state index in [9.17, 15) is 12.8 Å². The molecule has 0 saturated heterocycles. The van der Waals surface area contributed by atoms with Gasteiger partial charge in [0, 0.05) is 13.1 Å². The molecule has 0 radical (unpaired) electrons. The molecule has 9 heteroatoms. The van der Waals surface area contributed by atoms with Gasteiger partial charge in [-0.1, -0.05) is 12.1 Å². The molecule has 6 nitrogen and oxygen atoms in total. The predicted molar refractivity (Wildman–Crippen MR) is 97.5 cm³/mol. The van der Waals surface area contributed by atoms with Crippen LogP contribution in [0.2, 0.25) is 0 Å². The van der Waals surface area contributed by atoms with Gasteiger partial charge >= 0.3 is 0 Å². The molecule has 0 bridgehead atoms. The molecule has 0 aliphatic heterocycles. The lowest BCUT2D eigenvalue weighted by molar-refractivity contribution is 0.597. The molecule has 0 unspecified atom stereocenters. The number of nitrogens with zero attached hydrogens (tertiary/aromatic N) is 1. The molecule has 22 heavy (non-hydrogen) atoms. The number of rotatable bonds is 7. The van der Waals surface area contributed by atoms with Gasteiger partial charge in [-0.05, 0) is 31.0 Å². The Morgan fingerprint density at radius 2 is 2.09 bits per heavy atom. The third-order valence-electron chi connectivity index (χ3n) is 2.59. The summed E-state index contributed by atoms with van der Waals surface area (Å²) in [4.78, 5) is 4.11. The molecule has 0 aliphatic rings. The van der Waals surface area contributed by atoms with Crippen molar-refractivity contribution in [3.8, 4) is 0 Å². The number of sulfonamides is 1. The minimum Gasteiger partial charge on any atom is -0.357 e. The van der Waals surface area contributed by atoms with Crippen molar-refractivity contribution in [2.24, 2.45) is 10.1 Å². The van der Waals surface area contributed by atoms with Crippen LogP contribution in [0.5, 0.6) is 0 Å². The fraction of sp³-hybridized carbons (Fsp3) is 0.462. The average molecular weight is 444 g/mol. The van der Waals surface area contributed by atoms with E-state index in [4.69, 9.17) is 5.14 Å². The second-order valence-corrected chi connectivity index (χ2v) is 6.17. The summed E-state index contributed by atoms with van der Waals surface area (Å²) in [6.07, 6.45) is 0.636. The molecule has 0 spiro atoms. The van der Waals surface area contributed by atoms with Gasteiger partial charge in [-0.3, -0.25) is 4.99 Å². The fourth-order valence-electron chi connectivity index (χ4n) is 1.64. The molecule has 1 rings (SSSR count). The Balaban J connectivity index is 0.00000441. The first-order valence-electron chi connectivity index (χ1n) is 6.68. The Kier molecular flexibility index (Phi) is 10.3. The second-order valence-electron chi connectivity index (χ2n) is 4.43. The number of benzene rings is 1. The molecule has 0 amide bonds. The number of halogens is 2. The summed E-state index contributed by atoms with van der Waals surface area (Å²) in [5.74, 6) is 0.0479. The second kappa shape index (κ2) is 10.7. The predicted octanol–water partition coefficient (Wildman–Crippen LogP) is 0.830. The van der Waals surface area contributed by atoms with Gasteiger partial charge in [-0.2, -0.15) is 0 Å². The van der Waals surface area contributed by atoms with Crippen LogP contribution in [0.25, 0.3) is 0 Å². The van der Waals surface area contributed by atoms with E-state index >= 15 is 0 Å². The lowest BCUT2D eigenvalue weighted by Gasteiger charge is -2.11. The fourth-order valence-corrected chi connectivity index (χ4v) is 1.99. The van der Waals surface area contributed by atoms with E-state index in [2.05, 4.69) is 15.6 Å². The monoisotopic (exact) mass is 444 g/mol. The van der Waals surface area contributed by atoms with Gasteiger partial charge in [0.15, 0.2) is 5.96 Å². The van der Waals surface area contributed by atoms with Gasteiger partial charge in [-0.25, -0.2) is 17.9 Å². The maximum atomic E-state index is 13.0. The van der Waals surface area contributed by atoms with Crippen LogP contribution < -0.4 is 15.8 Å². The Labute approximate surface area is 147 Å². The van der Waals surface area contributed by atoms with Crippen molar-refractivity contribution in [1.29, 1.82) is 0 Å². The van der Waals surface area contributed by atoms with E-state index in [0.29, 0.717) is 25.5 Å². The molecule has 1 aromatic carbocycles. The van der Waals surface area contributed by atoms with Crippen molar-refractivity contribution in [3.63, 3.8) is 0 Å². The van der Waals surface area contributed by atoms with Crippen LogP contribution in [0, 0.1) is 5.82 Å². The van der Waals surface area contributed by atoms with Crippen molar-refractivity contribution in [1.82, 2.24) is 10.6 Å². The third-order valence-corrected chi connectivity index (χ3v) is 3.34. The maximum absolute atomic E-state index is 13.0. The van der Waals surface area contributed by atoms with Gasteiger partial charge in [0.05, 0.1) is 12.3 Å². The molecule has 4 N–H and O–H groups in total. The first-order chi connectivity index (χ1) is 9.90. The van der Waals surface area contributed by atoms with Crippen LogP contribution in [0.3, 0.4) is 0 Å². The highest BCUT2D eigenvalue weighted by atomic mass is 127. The van der Waals surface area contributed by atoms with Crippen LogP contribution in [-0.4, -0.2) is 39.8 Å². The van der Waals surface area contributed by atoms with Gasteiger partial charge in [-0.15, -0.1) is 24.0 Å². The Bertz CT molecular complexity index is 581. The third kappa shape index (κ3) is 9.90. The molecule has 0 aromatic heterocycles. The van der Waals surface area contributed by atoms with E-state index < -0.39 is 10.0 Å². The first kappa shape index (κ1) is 21.1. The Morgan fingerprint density at radius 3 is 2.68 bits per heavy atom. The lowest BCUT2D eigenvalue weighted by Crippen LogP contribution is -2.38. The summed E-state index contributed by atoms with van der Waals surface area (Å²) < 4.78 is 34.7. The number of primary sulfonamides is 1. The molecular formula is C13H22FIN4O2S. The van der Waals surface area contributed by atoms with Crippen molar-refractivity contribution < 1.29 is 12.8 Å². The highest BCUT2D eigenvalue weighted by Gasteiger charge is 2.02. The van der Waals surface area contributed by atoms with Crippen molar-refractivity contribution >= 4 is 40.0 Å². The maximum Gasteiger partial charge on any atom is 0.210 e. The molecule has 0 aliphatic carbocycles. The van der Waals surface area contributed by atoms with Crippen LogP contribution in [0.4, 0.5) is 4.39 Å². The van der Waals surface area contributed by atoms with Crippen LogP contribution in [-0.2, 0) is 16.4 Å². The van der Waals surface area contributed by atoms with Crippen LogP contribution in [0.1, 0.15) is 12.5 Å². The summed E-state index contributed by atoms with van der Waals surface area (Å²) in [6.45, 7) is 3.21. The smallest absolute Gasteiger partial charge is 0.210 e. The normalized spacial score (nSPS) is 11.7. The van der Waals surface area contributed by atoms with Crippen molar-refractivity contribution in [3.05, 3.63) is 35.6 Å². The largest absolute Gasteiger partial charge is 0.357 e. The number of hydrogen-bond donors (Lipinski definition) is 3. The Hall–Kier alpha value is -0.940. The highest BCUT2D eigenvalue weighted by molar-refractivity contribution is 14.0. The number of aliphatic imine (C=N–C) groups is 1. The molecule has 1 aromatic rings. The molecular weight excluding hydrogens is 422 g/mol. The van der Waals surface area contributed by atoms with Gasteiger partial charge in [0.1, 0.15) is 5.82 Å². The quantitative estimate of drug-likeness (QED) is 0.330. The molecule has 0 saturated carbocycles. The molecule has 0 fully saturated rings. The van der Waals surface area contributed by atoms with Gasteiger partial charge < -0.3 is 10.6 Å². The summed E-state index contributed by atoms with van der Waals surface area (Å²) in [7, 11) is -3.51. The van der Waals surface area contributed by atoms with Crippen molar-refractivity contribution in [2.75, 3.05) is 25.4 Å². The zero-order valence-electron chi connectivity index (χ0n) is 12.4. The first-order valence-corrected chi connectivity index (χ1v) is 8.39. The summed E-state index contributed by atoms with van der Waals surface area (Å²) in [5, 5.41) is 11.0. The minimum atomic E-state index is -3.51. The van der Waals surface area contributed by atoms with Crippen LogP contribution in [0.15, 0.2) is 29.3 Å². The highest BCUT2D eigenvalue weighted by Crippen LogP contribution is 2.03. The number of nitrogens with one attached hydrogen (secondary N) is 2. The summed E-state index contributed by atoms with van der Waals surface area (Å²) in [5.41, 5.74) is 0.878. The van der Waals surface area contributed by atoms with Gasteiger partial charge in [0.25, 0.3) is 0 Å². The van der Waals surface area contributed by atoms with Crippen molar-refractivity contribution in [2.45, 2.75) is 13.3 Å². The summed E-state index contributed by atoms with van der Waals surface area (Å²) in [6, 6.07) is 6.38. The van der Waals surface area contributed by atoms with E-state index in [0.717, 1.165) is 5.56 Å². The minimum absolute atomic E-state index is 0. The molecule has 126 valence electrons. The lowest BCUT2D eigenvalue weighted by atomic mass is 10.1. The zero-order valence-corrected chi connectivity index (χ0v) is 15.5. The Morgan fingerprint density at radius 1 is 1.36 bits per heavy atom. The SMILES string of the molecule is CCNC(=NCCS(N)(=O)=O)NCCc1cccc(F)c1.I. The number of guanidine groups is 1. The average Bonchev–Trinajstić information content (AvgIpc) is 2.37. The molecule has 0 heterocycles. The van der Waals surface area contributed by atoms with E-state index in [-0.39, 0.29) is 42.1 Å². The van der Waals surface area contributed by atoms with Gasteiger partial charge in [0.2, 0.25) is 10.0 Å². The summed E-state index contributed by atoms with van der Waals surface area (Å²) >= 11 is 0. The number of nitrogens with two attached hydrogens (primary N) is 1.